The highest BCUT2D eigenvalue weighted by molar-refractivity contribution is 7.10. The van der Waals surface area contributed by atoms with Crippen molar-refractivity contribution in [3.63, 3.8) is 0 Å². The van der Waals surface area contributed by atoms with E-state index in [-0.39, 0.29) is 11.8 Å². The van der Waals surface area contributed by atoms with Crippen LogP contribution in [-0.2, 0) is 4.79 Å². The third-order valence-electron chi connectivity index (χ3n) is 3.22. The standard InChI is InChI=1S/C17H15NO2S2/c19-17(6-5-13-7-10-21-12-13)18-11-14(15-3-1-8-20-15)16-4-2-9-22-16/h1-10,12,14H,11H2,(H,18,19)/b6-5+/t14-/m0/s1. The molecule has 0 saturated heterocycles. The molecule has 3 aromatic rings. The number of carbonyl (C=O) groups is 1. The molecule has 3 rings (SSSR count). The van der Waals surface area contributed by atoms with Crippen LogP contribution in [0.4, 0.5) is 0 Å². The molecular formula is C17H15NO2S2. The van der Waals surface area contributed by atoms with Gasteiger partial charge in [-0.15, -0.1) is 11.3 Å². The van der Waals surface area contributed by atoms with E-state index in [2.05, 4.69) is 11.4 Å². The van der Waals surface area contributed by atoms with Crippen LogP contribution >= 0.6 is 22.7 Å². The van der Waals surface area contributed by atoms with E-state index in [1.807, 2.05) is 46.5 Å². The van der Waals surface area contributed by atoms with Crippen LogP contribution < -0.4 is 5.32 Å². The zero-order valence-corrected chi connectivity index (χ0v) is 13.4. The summed E-state index contributed by atoms with van der Waals surface area (Å²) in [7, 11) is 0. The maximum Gasteiger partial charge on any atom is 0.244 e. The molecule has 22 heavy (non-hydrogen) atoms. The van der Waals surface area contributed by atoms with Crippen molar-refractivity contribution in [3.05, 3.63) is 75.0 Å². The molecular weight excluding hydrogens is 314 g/mol. The molecule has 112 valence electrons. The number of thiophene rings is 2. The van der Waals surface area contributed by atoms with Crippen molar-refractivity contribution < 1.29 is 9.21 Å². The van der Waals surface area contributed by atoms with Crippen molar-refractivity contribution in [3.8, 4) is 0 Å². The number of hydrogen-bond donors (Lipinski definition) is 1. The average Bonchev–Trinajstić information content (AvgIpc) is 3.27. The fourth-order valence-corrected chi connectivity index (χ4v) is 3.59. The van der Waals surface area contributed by atoms with E-state index in [0.29, 0.717) is 6.54 Å². The lowest BCUT2D eigenvalue weighted by Gasteiger charge is -2.13. The Morgan fingerprint density at radius 1 is 1.27 bits per heavy atom. The highest BCUT2D eigenvalue weighted by Gasteiger charge is 2.18. The van der Waals surface area contributed by atoms with Gasteiger partial charge in [-0.25, -0.2) is 0 Å². The quantitative estimate of drug-likeness (QED) is 0.683. The average molecular weight is 329 g/mol. The predicted octanol–water partition coefficient (Wildman–Crippen LogP) is 4.36. The van der Waals surface area contributed by atoms with Crippen LogP contribution in [0.3, 0.4) is 0 Å². The second kappa shape index (κ2) is 7.24. The summed E-state index contributed by atoms with van der Waals surface area (Å²) in [4.78, 5) is 13.1. The molecule has 0 unspecified atom stereocenters. The molecule has 3 aromatic heterocycles. The zero-order chi connectivity index (χ0) is 15.2. The van der Waals surface area contributed by atoms with E-state index in [1.54, 1.807) is 35.0 Å². The van der Waals surface area contributed by atoms with Crippen molar-refractivity contribution in [2.24, 2.45) is 0 Å². The number of amides is 1. The lowest BCUT2D eigenvalue weighted by Crippen LogP contribution is -2.26. The van der Waals surface area contributed by atoms with Crippen molar-refractivity contribution in [1.29, 1.82) is 0 Å². The first kappa shape index (κ1) is 14.8. The van der Waals surface area contributed by atoms with Gasteiger partial charge in [-0.1, -0.05) is 6.07 Å². The minimum absolute atomic E-state index is 0.0495. The topological polar surface area (TPSA) is 42.2 Å². The van der Waals surface area contributed by atoms with Crippen molar-refractivity contribution in [2.75, 3.05) is 6.54 Å². The lowest BCUT2D eigenvalue weighted by molar-refractivity contribution is -0.116. The molecule has 0 radical (unpaired) electrons. The lowest BCUT2D eigenvalue weighted by atomic mass is 10.0. The van der Waals surface area contributed by atoms with Gasteiger partial charge in [0.15, 0.2) is 0 Å². The molecule has 0 fully saturated rings. The Balaban J connectivity index is 1.63. The molecule has 0 aliphatic rings. The van der Waals surface area contributed by atoms with E-state index >= 15 is 0 Å². The van der Waals surface area contributed by atoms with Gasteiger partial charge in [-0.3, -0.25) is 4.79 Å². The Bertz CT molecular complexity index is 679. The fraction of sp³-hybridized carbons (Fsp3) is 0.118. The third-order valence-corrected chi connectivity index (χ3v) is 4.91. The molecule has 0 aliphatic carbocycles. The highest BCUT2D eigenvalue weighted by atomic mass is 32.1. The van der Waals surface area contributed by atoms with E-state index in [9.17, 15) is 4.79 Å². The molecule has 0 spiro atoms. The second-order valence-corrected chi connectivity index (χ2v) is 6.48. The Hall–Kier alpha value is -2.11. The predicted molar refractivity (Wildman–Crippen MR) is 91.2 cm³/mol. The largest absolute Gasteiger partial charge is 0.469 e. The maximum atomic E-state index is 12.0. The molecule has 0 aromatic carbocycles. The van der Waals surface area contributed by atoms with Crippen molar-refractivity contribution in [2.45, 2.75) is 5.92 Å². The molecule has 3 heterocycles. The van der Waals surface area contributed by atoms with Crippen LogP contribution in [0.1, 0.15) is 22.1 Å². The van der Waals surface area contributed by atoms with Gasteiger partial charge in [0.05, 0.1) is 12.2 Å². The molecule has 1 amide bonds. The van der Waals surface area contributed by atoms with Crippen molar-refractivity contribution in [1.82, 2.24) is 5.32 Å². The third kappa shape index (κ3) is 3.75. The van der Waals surface area contributed by atoms with E-state index in [4.69, 9.17) is 4.42 Å². The molecule has 0 bridgehead atoms. The Labute approximate surface area is 136 Å². The number of nitrogens with one attached hydrogen (secondary N) is 1. The maximum absolute atomic E-state index is 12.0. The van der Waals surface area contributed by atoms with Crippen molar-refractivity contribution >= 4 is 34.7 Å². The van der Waals surface area contributed by atoms with E-state index < -0.39 is 0 Å². The minimum Gasteiger partial charge on any atom is -0.469 e. The smallest absolute Gasteiger partial charge is 0.244 e. The first-order valence-electron chi connectivity index (χ1n) is 6.88. The van der Waals surface area contributed by atoms with Gasteiger partial charge in [-0.05, 0) is 52.0 Å². The molecule has 0 saturated carbocycles. The number of furan rings is 1. The highest BCUT2D eigenvalue weighted by Crippen LogP contribution is 2.28. The summed E-state index contributed by atoms with van der Waals surface area (Å²) in [6, 6.07) is 9.86. The van der Waals surface area contributed by atoms with Crippen LogP contribution in [0.2, 0.25) is 0 Å². The van der Waals surface area contributed by atoms with Gasteiger partial charge >= 0.3 is 0 Å². The number of hydrogen-bond acceptors (Lipinski definition) is 4. The van der Waals surface area contributed by atoms with Crippen LogP contribution in [0.25, 0.3) is 6.08 Å². The van der Waals surface area contributed by atoms with Gasteiger partial charge in [0, 0.05) is 17.5 Å². The summed E-state index contributed by atoms with van der Waals surface area (Å²) < 4.78 is 5.51. The van der Waals surface area contributed by atoms with Gasteiger partial charge in [0.1, 0.15) is 5.76 Å². The summed E-state index contributed by atoms with van der Waals surface area (Å²) in [5.74, 6) is 0.817. The van der Waals surface area contributed by atoms with Crippen LogP contribution in [0.15, 0.2) is 63.2 Å². The monoisotopic (exact) mass is 329 g/mol. The van der Waals surface area contributed by atoms with Crippen LogP contribution in [-0.4, -0.2) is 12.5 Å². The molecule has 0 aliphatic heterocycles. The molecule has 5 heteroatoms. The van der Waals surface area contributed by atoms with Gasteiger partial charge in [0.25, 0.3) is 0 Å². The minimum atomic E-state index is -0.0979. The van der Waals surface area contributed by atoms with Gasteiger partial charge in [0.2, 0.25) is 5.91 Å². The number of rotatable bonds is 6. The van der Waals surface area contributed by atoms with Gasteiger partial charge < -0.3 is 9.73 Å². The first-order chi connectivity index (χ1) is 10.8. The van der Waals surface area contributed by atoms with E-state index in [1.165, 1.54) is 4.88 Å². The number of carbonyl (C=O) groups excluding carboxylic acids is 1. The summed E-state index contributed by atoms with van der Waals surface area (Å²) in [5.41, 5.74) is 1.04. The first-order valence-corrected chi connectivity index (χ1v) is 8.70. The normalized spacial score (nSPS) is 12.5. The van der Waals surface area contributed by atoms with Crippen LogP contribution in [0, 0.1) is 0 Å². The Morgan fingerprint density at radius 3 is 2.91 bits per heavy atom. The Morgan fingerprint density at radius 2 is 2.23 bits per heavy atom. The molecule has 1 N–H and O–H groups in total. The summed E-state index contributed by atoms with van der Waals surface area (Å²) in [6.45, 7) is 0.515. The Kier molecular flexibility index (Phi) is 4.88. The van der Waals surface area contributed by atoms with E-state index in [0.717, 1.165) is 11.3 Å². The molecule has 3 nitrogen and oxygen atoms in total. The summed E-state index contributed by atoms with van der Waals surface area (Å²) in [6.07, 6.45) is 5.04. The zero-order valence-electron chi connectivity index (χ0n) is 11.8. The summed E-state index contributed by atoms with van der Waals surface area (Å²) >= 11 is 3.28. The summed E-state index contributed by atoms with van der Waals surface area (Å²) in [5, 5.41) is 8.97. The van der Waals surface area contributed by atoms with Crippen LogP contribution in [0.5, 0.6) is 0 Å². The fourth-order valence-electron chi connectivity index (χ4n) is 2.12. The van der Waals surface area contributed by atoms with Gasteiger partial charge in [-0.2, -0.15) is 11.3 Å². The SMILES string of the molecule is O=C(/C=C/c1ccsc1)NC[C@@H](c1ccco1)c1cccs1. The molecule has 1 atom stereocenters. The second-order valence-electron chi connectivity index (χ2n) is 4.72.